The van der Waals surface area contributed by atoms with Crippen LogP contribution in [0.4, 0.5) is 0 Å². The van der Waals surface area contributed by atoms with Gasteiger partial charge in [-0.25, -0.2) is 9.97 Å². The number of benzene rings is 1. The van der Waals surface area contributed by atoms with Crippen LogP contribution in [0.1, 0.15) is 45.9 Å². The molecule has 1 heterocycles. The number of aromatic nitrogens is 2. The summed E-state index contributed by atoms with van der Waals surface area (Å²) in [5.74, 6) is 0.464. The molecule has 0 unspecified atom stereocenters. The van der Waals surface area contributed by atoms with E-state index in [1.807, 2.05) is 32.0 Å². The average molecular weight is 311 g/mol. The van der Waals surface area contributed by atoms with E-state index in [0.29, 0.717) is 30.7 Å². The molecule has 1 N–H and O–H groups in total. The van der Waals surface area contributed by atoms with E-state index in [-0.39, 0.29) is 12.9 Å². The van der Waals surface area contributed by atoms with Crippen LogP contribution in [0.2, 0.25) is 0 Å². The van der Waals surface area contributed by atoms with Gasteiger partial charge in [-0.3, -0.25) is 10.2 Å². The SMILES string of the molecule is C=C(CCCC(=O)C(=N)c1ccccc1)c1ncccn1.CC.[HH]. The van der Waals surface area contributed by atoms with Gasteiger partial charge in [0.25, 0.3) is 0 Å². The monoisotopic (exact) mass is 311 g/mol. The Balaban J connectivity index is 0.00000170. The fourth-order valence-electron chi connectivity index (χ4n) is 1.95. The third kappa shape index (κ3) is 5.94. The number of ketones is 1. The maximum absolute atomic E-state index is 12.0. The highest BCUT2D eigenvalue weighted by molar-refractivity contribution is 6.44. The van der Waals surface area contributed by atoms with Crippen molar-refractivity contribution >= 4 is 17.1 Å². The first-order valence-electron chi connectivity index (χ1n) is 7.81. The second kappa shape index (κ2) is 10.2. The Hall–Kier alpha value is -2.62. The van der Waals surface area contributed by atoms with Crippen LogP contribution < -0.4 is 0 Å². The van der Waals surface area contributed by atoms with Crippen molar-refractivity contribution in [3.63, 3.8) is 0 Å². The molecule has 2 aromatic rings. The summed E-state index contributed by atoms with van der Waals surface area (Å²) < 4.78 is 0. The van der Waals surface area contributed by atoms with Crippen LogP contribution in [0.3, 0.4) is 0 Å². The van der Waals surface area contributed by atoms with E-state index >= 15 is 0 Å². The van der Waals surface area contributed by atoms with Crippen LogP contribution in [0, 0.1) is 5.41 Å². The molecule has 1 aromatic heterocycles. The van der Waals surface area contributed by atoms with E-state index in [1.54, 1.807) is 30.6 Å². The molecule has 0 radical (unpaired) electrons. The van der Waals surface area contributed by atoms with Crippen LogP contribution in [0.5, 0.6) is 0 Å². The summed E-state index contributed by atoms with van der Waals surface area (Å²) in [6.07, 6.45) is 4.97. The minimum Gasteiger partial charge on any atom is -0.297 e. The standard InChI is InChI=1S/C17H17N3O.C2H6.H2/c1-13(17-19-11-6-12-20-17)7-5-10-15(21)16(18)14-8-3-2-4-9-14;1-2;/h2-4,6,8-9,11-12,18H,1,5,7,10H2;1-2H3;1H. The summed E-state index contributed by atoms with van der Waals surface area (Å²) in [6.45, 7) is 7.93. The third-order valence-corrected chi connectivity index (χ3v) is 3.11. The molecule has 0 bridgehead atoms. The first-order chi connectivity index (χ1) is 11.2. The van der Waals surface area contributed by atoms with Crippen molar-refractivity contribution in [2.24, 2.45) is 0 Å². The van der Waals surface area contributed by atoms with E-state index in [9.17, 15) is 4.79 Å². The summed E-state index contributed by atoms with van der Waals surface area (Å²) in [6, 6.07) is 10.8. The average Bonchev–Trinajstić information content (AvgIpc) is 2.64. The number of carbonyl (C=O) groups excluding carboxylic acids is 1. The number of nitrogens with zero attached hydrogens (tertiary/aromatic N) is 2. The van der Waals surface area contributed by atoms with Gasteiger partial charge in [-0.15, -0.1) is 0 Å². The van der Waals surface area contributed by atoms with Crippen LogP contribution >= 0.6 is 0 Å². The second-order valence-electron chi connectivity index (χ2n) is 4.69. The number of rotatable bonds is 7. The molecule has 4 nitrogen and oxygen atoms in total. The molecule has 0 amide bonds. The minimum atomic E-state index is -0.150. The van der Waals surface area contributed by atoms with Gasteiger partial charge < -0.3 is 0 Å². The van der Waals surface area contributed by atoms with Gasteiger partial charge in [0.2, 0.25) is 0 Å². The lowest BCUT2D eigenvalue weighted by Crippen LogP contribution is -2.13. The molecule has 0 aliphatic heterocycles. The second-order valence-corrected chi connectivity index (χ2v) is 4.69. The van der Waals surface area contributed by atoms with Crippen LogP contribution in [-0.2, 0) is 4.79 Å². The minimum absolute atomic E-state index is 0. The van der Waals surface area contributed by atoms with Gasteiger partial charge in [0, 0.05) is 25.8 Å². The number of allylic oxidation sites excluding steroid dienone is 1. The van der Waals surface area contributed by atoms with Crippen molar-refractivity contribution in [1.82, 2.24) is 9.97 Å². The van der Waals surface area contributed by atoms with E-state index in [2.05, 4.69) is 16.5 Å². The van der Waals surface area contributed by atoms with Gasteiger partial charge >= 0.3 is 0 Å². The number of carbonyl (C=O) groups is 1. The van der Waals surface area contributed by atoms with Gasteiger partial charge in [0.15, 0.2) is 11.6 Å². The molecular weight excluding hydrogens is 286 g/mol. The van der Waals surface area contributed by atoms with Crippen molar-refractivity contribution in [2.75, 3.05) is 0 Å². The fraction of sp³-hybridized carbons (Fsp3) is 0.263. The molecule has 0 fully saturated rings. The van der Waals surface area contributed by atoms with Crippen molar-refractivity contribution in [1.29, 1.82) is 5.41 Å². The number of hydrogen-bond acceptors (Lipinski definition) is 4. The lowest BCUT2D eigenvalue weighted by molar-refractivity contribution is -0.113. The third-order valence-electron chi connectivity index (χ3n) is 3.11. The fourth-order valence-corrected chi connectivity index (χ4v) is 1.95. The maximum Gasteiger partial charge on any atom is 0.181 e. The van der Waals surface area contributed by atoms with E-state index < -0.39 is 0 Å². The molecular formula is C19H25N3O. The van der Waals surface area contributed by atoms with Crippen molar-refractivity contribution in [3.8, 4) is 0 Å². The highest BCUT2D eigenvalue weighted by atomic mass is 16.1. The largest absolute Gasteiger partial charge is 0.297 e. The quantitative estimate of drug-likeness (QED) is 0.762. The Labute approximate surface area is 139 Å². The van der Waals surface area contributed by atoms with E-state index in [4.69, 9.17) is 5.41 Å². The zero-order chi connectivity index (χ0) is 17.1. The van der Waals surface area contributed by atoms with Crippen molar-refractivity contribution in [3.05, 3.63) is 66.8 Å². The molecule has 1 aromatic carbocycles. The van der Waals surface area contributed by atoms with Gasteiger partial charge in [-0.1, -0.05) is 50.8 Å². The van der Waals surface area contributed by atoms with Crippen molar-refractivity contribution < 1.29 is 6.22 Å². The summed E-state index contributed by atoms with van der Waals surface area (Å²) in [7, 11) is 0. The topological polar surface area (TPSA) is 66.7 Å². The Morgan fingerprint density at radius 3 is 2.30 bits per heavy atom. The molecule has 4 heteroatoms. The predicted molar refractivity (Wildman–Crippen MR) is 96.7 cm³/mol. The lowest BCUT2D eigenvalue weighted by Gasteiger charge is -2.05. The van der Waals surface area contributed by atoms with Gasteiger partial charge in [-0.05, 0) is 24.5 Å². The van der Waals surface area contributed by atoms with Gasteiger partial charge in [0.1, 0.15) is 5.71 Å². The Morgan fingerprint density at radius 1 is 1.09 bits per heavy atom. The molecule has 0 saturated carbocycles. The smallest absolute Gasteiger partial charge is 0.181 e. The number of Topliss-reactive ketones (excluding diaryl/α,β-unsaturated/α-hetero) is 1. The van der Waals surface area contributed by atoms with Gasteiger partial charge in [0.05, 0.1) is 0 Å². The number of hydrogen-bond donors (Lipinski definition) is 1. The maximum atomic E-state index is 12.0. The first kappa shape index (κ1) is 18.4. The zero-order valence-corrected chi connectivity index (χ0v) is 13.7. The number of nitrogens with one attached hydrogen (secondary N) is 1. The molecule has 23 heavy (non-hydrogen) atoms. The van der Waals surface area contributed by atoms with Crippen LogP contribution in [-0.4, -0.2) is 21.5 Å². The predicted octanol–water partition coefficient (Wildman–Crippen LogP) is 4.57. The highest BCUT2D eigenvalue weighted by Crippen LogP contribution is 2.15. The summed E-state index contributed by atoms with van der Waals surface area (Å²) in [5, 5.41) is 7.89. The highest BCUT2D eigenvalue weighted by Gasteiger charge is 2.11. The molecule has 0 saturated heterocycles. The normalized spacial score (nSPS) is 9.48. The van der Waals surface area contributed by atoms with Crippen LogP contribution in [0.15, 0.2) is 55.4 Å². The van der Waals surface area contributed by atoms with Crippen molar-refractivity contribution in [2.45, 2.75) is 33.1 Å². The molecule has 0 atom stereocenters. The molecule has 2 rings (SSSR count). The van der Waals surface area contributed by atoms with Gasteiger partial charge in [-0.2, -0.15) is 0 Å². The molecule has 122 valence electrons. The lowest BCUT2D eigenvalue weighted by atomic mass is 10.0. The Kier molecular flexibility index (Phi) is 8.14. The summed E-state index contributed by atoms with van der Waals surface area (Å²) in [5.41, 5.74) is 1.54. The zero-order valence-electron chi connectivity index (χ0n) is 13.7. The van der Waals surface area contributed by atoms with Crippen LogP contribution in [0.25, 0.3) is 5.57 Å². The Bertz CT molecular complexity index is 642. The van der Waals surface area contributed by atoms with E-state index in [1.165, 1.54) is 0 Å². The summed E-state index contributed by atoms with van der Waals surface area (Å²) in [4.78, 5) is 20.2. The first-order valence-corrected chi connectivity index (χ1v) is 7.81. The van der Waals surface area contributed by atoms with E-state index in [0.717, 1.165) is 5.57 Å². The Morgan fingerprint density at radius 2 is 1.70 bits per heavy atom. The molecule has 0 aliphatic carbocycles. The molecule has 0 spiro atoms. The molecule has 0 aliphatic rings. The summed E-state index contributed by atoms with van der Waals surface area (Å²) >= 11 is 0.